The molecule has 0 fully saturated rings. The smallest absolute Gasteiger partial charge is 0.267 e. The highest BCUT2D eigenvalue weighted by atomic mass is 16.3. The van der Waals surface area contributed by atoms with Gasteiger partial charge in [0, 0.05) is 6.07 Å². The van der Waals surface area contributed by atoms with Crippen molar-refractivity contribution in [3.8, 4) is 0 Å². The summed E-state index contributed by atoms with van der Waals surface area (Å²) in [6.07, 6.45) is 1.67. The molecule has 1 heterocycles. The molecule has 4 nitrogen and oxygen atoms in total. The maximum absolute atomic E-state index is 11.6. The number of aliphatic hydroxyl groups excluding tert-OH is 1. The number of hydrogen-bond acceptors (Lipinski definition) is 3. The number of aromatic nitrogens is 2. The molecule has 88 valence electrons. The van der Waals surface area contributed by atoms with Gasteiger partial charge >= 0.3 is 0 Å². The molecule has 0 unspecified atom stereocenters. The summed E-state index contributed by atoms with van der Waals surface area (Å²) < 4.78 is 1.42. The second-order valence-corrected chi connectivity index (χ2v) is 4.00. The fraction of sp³-hybridized carbons (Fsp3) is 0.231. The van der Waals surface area contributed by atoms with Crippen molar-refractivity contribution >= 4 is 0 Å². The monoisotopic (exact) mass is 230 g/mol. The predicted molar refractivity (Wildman–Crippen MR) is 64.7 cm³/mol. The Morgan fingerprint density at radius 2 is 1.88 bits per heavy atom. The fourth-order valence-corrected chi connectivity index (χ4v) is 1.57. The molecular formula is C13H14N2O2. The lowest BCUT2D eigenvalue weighted by Gasteiger charge is -2.05. The standard InChI is InChI=1S/C13H14N2O2/c1-10-6-13(17)15(14-7-10)8-11-2-4-12(9-16)5-3-11/h2-7,16H,8-9H2,1H3. The fourth-order valence-electron chi connectivity index (χ4n) is 1.57. The summed E-state index contributed by atoms with van der Waals surface area (Å²) in [5.41, 5.74) is 2.61. The topological polar surface area (TPSA) is 55.1 Å². The van der Waals surface area contributed by atoms with Gasteiger partial charge in [0.2, 0.25) is 0 Å². The average Bonchev–Trinajstić information content (AvgIpc) is 2.34. The van der Waals surface area contributed by atoms with E-state index in [-0.39, 0.29) is 12.2 Å². The summed E-state index contributed by atoms with van der Waals surface area (Å²) in [6.45, 7) is 2.32. The van der Waals surface area contributed by atoms with Crippen LogP contribution in [0.5, 0.6) is 0 Å². The zero-order chi connectivity index (χ0) is 12.3. The van der Waals surface area contributed by atoms with Crippen LogP contribution in [0.15, 0.2) is 41.3 Å². The molecule has 1 aromatic carbocycles. The van der Waals surface area contributed by atoms with E-state index in [1.165, 1.54) is 4.68 Å². The van der Waals surface area contributed by atoms with Gasteiger partial charge in [-0.1, -0.05) is 24.3 Å². The third-order valence-electron chi connectivity index (χ3n) is 2.54. The van der Waals surface area contributed by atoms with E-state index in [2.05, 4.69) is 5.10 Å². The highest BCUT2D eigenvalue weighted by molar-refractivity contribution is 5.22. The molecule has 0 aliphatic carbocycles. The van der Waals surface area contributed by atoms with Crippen LogP contribution >= 0.6 is 0 Å². The van der Waals surface area contributed by atoms with Crippen molar-refractivity contribution in [1.29, 1.82) is 0 Å². The molecule has 0 atom stereocenters. The number of aliphatic hydroxyl groups is 1. The van der Waals surface area contributed by atoms with E-state index in [4.69, 9.17) is 5.11 Å². The summed E-state index contributed by atoms with van der Waals surface area (Å²) in [5, 5.41) is 13.0. The Bertz CT molecular complexity index is 558. The number of nitrogens with zero attached hydrogens (tertiary/aromatic N) is 2. The molecule has 0 bridgehead atoms. The van der Waals surface area contributed by atoms with Crippen molar-refractivity contribution in [3.05, 3.63) is 63.6 Å². The molecular weight excluding hydrogens is 216 g/mol. The van der Waals surface area contributed by atoms with E-state index in [0.717, 1.165) is 16.7 Å². The summed E-state index contributed by atoms with van der Waals surface area (Å²) in [6, 6.07) is 9.03. The Labute approximate surface area is 99.2 Å². The van der Waals surface area contributed by atoms with Crippen molar-refractivity contribution in [2.45, 2.75) is 20.1 Å². The molecule has 2 aromatic rings. The Morgan fingerprint density at radius 1 is 1.24 bits per heavy atom. The quantitative estimate of drug-likeness (QED) is 0.858. The predicted octanol–water partition coefficient (Wildman–Crippen LogP) is 1.09. The van der Waals surface area contributed by atoms with Gasteiger partial charge in [-0.3, -0.25) is 4.79 Å². The molecule has 1 aromatic heterocycles. The van der Waals surface area contributed by atoms with Crippen molar-refractivity contribution in [1.82, 2.24) is 9.78 Å². The van der Waals surface area contributed by atoms with Gasteiger partial charge < -0.3 is 5.11 Å². The second-order valence-electron chi connectivity index (χ2n) is 4.00. The maximum Gasteiger partial charge on any atom is 0.267 e. The molecule has 4 heteroatoms. The van der Waals surface area contributed by atoms with Crippen LogP contribution in [0.2, 0.25) is 0 Å². The largest absolute Gasteiger partial charge is 0.392 e. The van der Waals surface area contributed by atoms with Gasteiger partial charge in [0.25, 0.3) is 5.56 Å². The Morgan fingerprint density at radius 3 is 2.47 bits per heavy atom. The average molecular weight is 230 g/mol. The number of benzene rings is 1. The number of hydrogen-bond donors (Lipinski definition) is 1. The summed E-state index contributed by atoms with van der Waals surface area (Å²) in [7, 11) is 0. The molecule has 0 saturated carbocycles. The SMILES string of the molecule is Cc1cnn(Cc2ccc(CO)cc2)c(=O)c1. The molecule has 0 aliphatic rings. The maximum atomic E-state index is 11.6. The van der Waals surface area contributed by atoms with Gasteiger partial charge in [0.15, 0.2) is 0 Å². The van der Waals surface area contributed by atoms with Crippen LogP contribution in [-0.2, 0) is 13.2 Å². The van der Waals surface area contributed by atoms with Gasteiger partial charge in [-0.15, -0.1) is 0 Å². The summed E-state index contributed by atoms with van der Waals surface area (Å²) in [4.78, 5) is 11.6. The van der Waals surface area contributed by atoms with E-state index >= 15 is 0 Å². The molecule has 0 amide bonds. The van der Waals surface area contributed by atoms with Crippen molar-refractivity contribution < 1.29 is 5.11 Å². The van der Waals surface area contributed by atoms with Crippen LogP contribution in [-0.4, -0.2) is 14.9 Å². The third kappa shape index (κ3) is 2.79. The van der Waals surface area contributed by atoms with Gasteiger partial charge in [-0.2, -0.15) is 5.10 Å². The first-order valence-electron chi connectivity index (χ1n) is 5.41. The molecule has 0 radical (unpaired) electrons. The molecule has 0 aliphatic heterocycles. The first-order valence-corrected chi connectivity index (χ1v) is 5.41. The van der Waals surface area contributed by atoms with Gasteiger partial charge in [0.05, 0.1) is 19.3 Å². The van der Waals surface area contributed by atoms with Gasteiger partial charge in [0.1, 0.15) is 0 Å². The minimum atomic E-state index is -0.101. The molecule has 1 N–H and O–H groups in total. The molecule has 0 saturated heterocycles. The van der Waals surface area contributed by atoms with Crippen LogP contribution in [0.3, 0.4) is 0 Å². The van der Waals surface area contributed by atoms with Crippen LogP contribution in [0, 0.1) is 6.92 Å². The van der Waals surface area contributed by atoms with E-state index in [1.807, 2.05) is 31.2 Å². The zero-order valence-corrected chi connectivity index (χ0v) is 9.63. The van der Waals surface area contributed by atoms with Crippen molar-refractivity contribution in [2.75, 3.05) is 0 Å². The van der Waals surface area contributed by atoms with Gasteiger partial charge in [-0.05, 0) is 23.6 Å². The molecule has 2 rings (SSSR count). The van der Waals surface area contributed by atoms with Crippen LogP contribution in [0.25, 0.3) is 0 Å². The second kappa shape index (κ2) is 4.93. The Kier molecular flexibility index (Phi) is 3.35. The molecule has 0 spiro atoms. The summed E-state index contributed by atoms with van der Waals surface area (Å²) in [5.74, 6) is 0. The normalized spacial score (nSPS) is 10.5. The summed E-state index contributed by atoms with van der Waals surface area (Å²) >= 11 is 0. The Hall–Kier alpha value is -1.94. The van der Waals surface area contributed by atoms with Crippen LogP contribution in [0.4, 0.5) is 0 Å². The number of aryl methyl sites for hydroxylation is 1. The highest BCUT2D eigenvalue weighted by Gasteiger charge is 1.99. The van der Waals surface area contributed by atoms with Crippen LogP contribution < -0.4 is 5.56 Å². The van der Waals surface area contributed by atoms with E-state index in [1.54, 1.807) is 12.3 Å². The van der Waals surface area contributed by atoms with Gasteiger partial charge in [-0.25, -0.2) is 4.68 Å². The highest BCUT2D eigenvalue weighted by Crippen LogP contribution is 2.05. The lowest BCUT2D eigenvalue weighted by atomic mass is 10.1. The first-order chi connectivity index (χ1) is 8.19. The Balaban J connectivity index is 2.22. The lowest BCUT2D eigenvalue weighted by molar-refractivity contribution is 0.282. The minimum absolute atomic E-state index is 0.0308. The minimum Gasteiger partial charge on any atom is -0.392 e. The third-order valence-corrected chi connectivity index (χ3v) is 2.54. The van der Waals surface area contributed by atoms with E-state index in [9.17, 15) is 4.79 Å². The van der Waals surface area contributed by atoms with E-state index < -0.39 is 0 Å². The zero-order valence-electron chi connectivity index (χ0n) is 9.63. The van der Waals surface area contributed by atoms with Crippen molar-refractivity contribution in [2.24, 2.45) is 0 Å². The number of rotatable bonds is 3. The first kappa shape index (κ1) is 11.5. The molecule has 17 heavy (non-hydrogen) atoms. The van der Waals surface area contributed by atoms with Crippen molar-refractivity contribution in [3.63, 3.8) is 0 Å². The lowest BCUT2D eigenvalue weighted by Crippen LogP contribution is -2.22. The van der Waals surface area contributed by atoms with Crippen LogP contribution in [0.1, 0.15) is 16.7 Å². The van der Waals surface area contributed by atoms with E-state index in [0.29, 0.717) is 6.54 Å².